The summed E-state index contributed by atoms with van der Waals surface area (Å²) >= 11 is 0. The second-order valence-corrected chi connectivity index (χ2v) is 3.42. The summed E-state index contributed by atoms with van der Waals surface area (Å²) in [6, 6.07) is -2.51. The Labute approximate surface area is 93.4 Å². The summed E-state index contributed by atoms with van der Waals surface area (Å²) in [7, 11) is 0. The number of amides is 3. The van der Waals surface area contributed by atoms with Gasteiger partial charge in [0, 0.05) is 0 Å². The molecule has 92 valence electrons. The van der Waals surface area contributed by atoms with Gasteiger partial charge < -0.3 is 21.5 Å². The van der Waals surface area contributed by atoms with Crippen molar-refractivity contribution < 1.29 is 19.5 Å². The molecule has 0 heterocycles. The fourth-order valence-corrected chi connectivity index (χ4v) is 1.01. The molecule has 0 saturated heterocycles. The van der Waals surface area contributed by atoms with E-state index < -0.39 is 30.0 Å². The van der Waals surface area contributed by atoms with Crippen LogP contribution in [0.5, 0.6) is 0 Å². The molecule has 16 heavy (non-hydrogen) atoms. The maximum Gasteiger partial charge on any atom is 0.326 e. The van der Waals surface area contributed by atoms with Crippen molar-refractivity contribution in [3.05, 3.63) is 0 Å². The van der Waals surface area contributed by atoms with Gasteiger partial charge in [-0.05, 0) is 13.3 Å². The van der Waals surface area contributed by atoms with Crippen molar-refractivity contribution in [1.82, 2.24) is 10.6 Å². The van der Waals surface area contributed by atoms with Crippen molar-refractivity contribution in [2.24, 2.45) is 5.73 Å². The van der Waals surface area contributed by atoms with E-state index in [4.69, 9.17) is 10.8 Å². The van der Waals surface area contributed by atoms with Crippen LogP contribution in [0, 0.1) is 0 Å². The van der Waals surface area contributed by atoms with Gasteiger partial charge >= 0.3 is 12.0 Å². The van der Waals surface area contributed by atoms with Gasteiger partial charge in [0.2, 0.25) is 5.91 Å². The fourth-order valence-electron chi connectivity index (χ4n) is 1.01. The lowest BCUT2D eigenvalue weighted by Gasteiger charge is -2.16. The van der Waals surface area contributed by atoms with E-state index >= 15 is 0 Å². The van der Waals surface area contributed by atoms with Crippen LogP contribution in [-0.2, 0) is 9.59 Å². The van der Waals surface area contributed by atoms with E-state index in [9.17, 15) is 14.4 Å². The normalized spacial score (nSPS) is 13.6. The van der Waals surface area contributed by atoms with Crippen molar-refractivity contribution in [2.45, 2.75) is 38.8 Å². The zero-order valence-electron chi connectivity index (χ0n) is 9.32. The van der Waals surface area contributed by atoms with E-state index in [0.717, 1.165) is 0 Å². The molecular formula is C9H17N3O4. The average molecular weight is 231 g/mol. The molecule has 0 aliphatic rings. The topological polar surface area (TPSA) is 122 Å². The second kappa shape index (κ2) is 6.65. The number of rotatable bonds is 6. The summed E-state index contributed by atoms with van der Waals surface area (Å²) in [5, 5.41) is 13.2. The van der Waals surface area contributed by atoms with Crippen LogP contribution in [0.15, 0.2) is 0 Å². The molecule has 0 aliphatic heterocycles. The zero-order valence-corrected chi connectivity index (χ0v) is 9.32. The third-order valence-electron chi connectivity index (χ3n) is 1.96. The van der Waals surface area contributed by atoms with Crippen LogP contribution < -0.4 is 16.4 Å². The molecule has 2 unspecified atom stereocenters. The van der Waals surface area contributed by atoms with Crippen molar-refractivity contribution in [3.8, 4) is 0 Å². The first-order valence-corrected chi connectivity index (χ1v) is 4.97. The van der Waals surface area contributed by atoms with Gasteiger partial charge in [-0.25, -0.2) is 9.59 Å². The first-order valence-electron chi connectivity index (χ1n) is 4.97. The molecule has 0 saturated carbocycles. The van der Waals surface area contributed by atoms with Crippen LogP contribution >= 0.6 is 0 Å². The number of aliphatic carboxylic acids is 1. The minimum Gasteiger partial charge on any atom is -0.480 e. The molecule has 0 radical (unpaired) electrons. The highest BCUT2D eigenvalue weighted by Crippen LogP contribution is 1.96. The monoisotopic (exact) mass is 231 g/mol. The molecule has 7 nitrogen and oxygen atoms in total. The maximum absolute atomic E-state index is 11.3. The van der Waals surface area contributed by atoms with Gasteiger partial charge in [0.15, 0.2) is 0 Å². The van der Waals surface area contributed by atoms with Crippen LogP contribution in [0.3, 0.4) is 0 Å². The van der Waals surface area contributed by atoms with E-state index in [1.807, 2.05) is 6.92 Å². The third-order valence-corrected chi connectivity index (χ3v) is 1.96. The number of carboxylic acids is 1. The fraction of sp³-hybridized carbons (Fsp3) is 0.667. The molecule has 5 N–H and O–H groups in total. The van der Waals surface area contributed by atoms with E-state index in [0.29, 0.717) is 12.8 Å². The van der Waals surface area contributed by atoms with Crippen LogP contribution in [0.1, 0.15) is 26.7 Å². The quantitative estimate of drug-likeness (QED) is 0.488. The Bertz CT molecular complexity index is 280. The molecule has 7 heteroatoms. The van der Waals surface area contributed by atoms with E-state index in [1.165, 1.54) is 6.92 Å². The number of nitrogens with two attached hydrogens (primary N) is 1. The Morgan fingerprint density at radius 2 is 1.88 bits per heavy atom. The molecule has 0 aromatic heterocycles. The van der Waals surface area contributed by atoms with Gasteiger partial charge in [0.25, 0.3) is 0 Å². The summed E-state index contributed by atoms with van der Waals surface area (Å²) in [4.78, 5) is 32.6. The smallest absolute Gasteiger partial charge is 0.326 e. The zero-order chi connectivity index (χ0) is 12.7. The molecule has 0 aliphatic carbocycles. The number of primary amides is 1. The largest absolute Gasteiger partial charge is 0.480 e. The number of carbonyl (C=O) groups is 3. The summed E-state index contributed by atoms with van der Waals surface area (Å²) in [6.07, 6.45) is 0.955. The number of nitrogens with one attached hydrogen (secondary N) is 2. The van der Waals surface area contributed by atoms with E-state index in [-0.39, 0.29) is 0 Å². The number of hydrogen-bond donors (Lipinski definition) is 4. The first-order chi connectivity index (χ1) is 7.38. The van der Waals surface area contributed by atoms with Crippen LogP contribution in [0.4, 0.5) is 4.79 Å². The number of carbonyl (C=O) groups excluding carboxylic acids is 2. The Balaban J connectivity index is 4.19. The van der Waals surface area contributed by atoms with Gasteiger partial charge in [-0.3, -0.25) is 4.79 Å². The molecular weight excluding hydrogens is 214 g/mol. The molecule has 3 amide bonds. The van der Waals surface area contributed by atoms with E-state index in [2.05, 4.69) is 10.6 Å². The standard InChI is InChI=1S/C9H17N3O4/c1-3-4-6(8(14)15)12-9(16)11-5(2)7(10)13/h5-6H,3-4H2,1-2H3,(H2,10,13)(H,14,15)(H2,11,12,16). The maximum atomic E-state index is 11.3. The Hall–Kier alpha value is -1.79. The van der Waals surface area contributed by atoms with Gasteiger partial charge in [-0.15, -0.1) is 0 Å². The molecule has 0 rings (SSSR count). The van der Waals surface area contributed by atoms with Crippen molar-refractivity contribution in [3.63, 3.8) is 0 Å². The lowest BCUT2D eigenvalue weighted by atomic mass is 10.2. The van der Waals surface area contributed by atoms with E-state index in [1.54, 1.807) is 0 Å². The van der Waals surface area contributed by atoms with Crippen LogP contribution in [0.2, 0.25) is 0 Å². The molecule has 0 fully saturated rings. The highest BCUT2D eigenvalue weighted by Gasteiger charge is 2.20. The van der Waals surface area contributed by atoms with Gasteiger partial charge in [-0.1, -0.05) is 13.3 Å². The van der Waals surface area contributed by atoms with Gasteiger partial charge in [-0.2, -0.15) is 0 Å². The first kappa shape index (κ1) is 14.2. The SMILES string of the molecule is CCCC(NC(=O)NC(C)C(N)=O)C(=O)O. The van der Waals surface area contributed by atoms with Gasteiger partial charge in [0.05, 0.1) is 0 Å². The second-order valence-electron chi connectivity index (χ2n) is 3.42. The minimum atomic E-state index is -1.11. The highest BCUT2D eigenvalue weighted by atomic mass is 16.4. The summed E-state index contributed by atoms with van der Waals surface area (Å²) in [5.74, 6) is -1.79. The van der Waals surface area contributed by atoms with Crippen molar-refractivity contribution in [2.75, 3.05) is 0 Å². The summed E-state index contributed by atoms with van der Waals surface area (Å²) < 4.78 is 0. The predicted molar refractivity (Wildman–Crippen MR) is 56.7 cm³/mol. The predicted octanol–water partition coefficient (Wildman–Crippen LogP) is -0.587. The van der Waals surface area contributed by atoms with Crippen molar-refractivity contribution >= 4 is 17.9 Å². The highest BCUT2D eigenvalue weighted by molar-refractivity contribution is 5.87. The number of urea groups is 1. The summed E-state index contributed by atoms with van der Waals surface area (Å²) in [5.41, 5.74) is 4.94. The van der Waals surface area contributed by atoms with Crippen LogP contribution in [0.25, 0.3) is 0 Å². The Morgan fingerprint density at radius 3 is 2.25 bits per heavy atom. The summed E-state index contributed by atoms with van der Waals surface area (Å²) in [6.45, 7) is 3.22. The third kappa shape index (κ3) is 5.18. The Morgan fingerprint density at radius 1 is 1.31 bits per heavy atom. The number of carboxylic acid groups (broad SMARTS) is 1. The minimum absolute atomic E-state index is 0.327. The van der Waals surface area contributed by atoms with Crippen molar-refractivity contribution in [1.29, 1.82) is 0 Å². The molecule has 0 aromatic carbocycles. The lowest BCUT2D eigenvalue weighted by molar-refractivity contribution is -0.139. The van der Waals surface area contributed by atoms with Gasteiger partial charge in [0.1, 0.15) is 12.1 Å². The molecule has 0 spiro atoms. The molecule has 0 bridgehead atoms. The lowest BCUT2D eigenvalue weighted by Crippen LogP contribution is -2.51. The van der Waals surface area contributed by atoms with Crippen LogP contribution in [-0.4, -0.2) is 35.1 Å². The average Bonchev–Trinajstić information content (AvgIpc) is 2.16. The number of hydrogen-bond acceptors (Lipinski definition) is 3. The molecule has 0 aromatic rings. The molecule has 2 atom stereocenters. The Kier molecular flexibility index (Phi) is 5.91.